The lowest BCUT2D eigenvalue weighted by Crippen LogP contribution is -2.45. The standard InChI is InChI=1S/C20H33N3O2.HI/c1-15-10-11-16(18(12-15)25-17-8-6-7-9-17)13-22-19(21-4)23-14-20(2,3)24-5;/h10-12,17H,6-9,13-14H2,1-5H3,(H2,21,22,23);1H. The molecule has 1 aromatic carbocycles. The zero-order valence-corrected chi connectivity index (χ0v) is 19.1. The second-order valence-corrected chi connectivity index (χ2v) is 7.38. The van der Waals surface area contributed by atoms with Crippen molar-refractivity contribution in [3.8, 4) is 5.75 Å². The Balaban J connectivity index is 0.00000338. The van der Waals surface area contributed by atoms with Crippen LogP contribution in [0.15, 0.2) is 23.2 Å². The Hall–Kier alpha value is -1.02. The Kier molecular flexibility index (Phi) is 9.71. The lowest BCUT2D eigenvalue weighted by Gasteiger charge is -2.24. The minimum atomic E-state index is -0.238. The van der Waals surface area contributed by atoms with Gasteiger partial charge < -0.3 is 20.1 Å². The summed E-state index contributed by atoms with van der Waals surface area (Å²) in [5.74, 6) is 1.75. The van der Waals surface area contributed by atoms with Crippen molar-refractivity contribution in [1.29, 1.82) is 0 Å². The van der Waals surface area contributed by atoms with Crippen molar-refractivity contribution >= 4 is 29.9 Å². The highest BCUT2D eigenvalue weighted by Crippen LogP contribution is 2.27. The predicted octanol–water partition coefficient (Wildman–Crippen LogP) is 4.02. The molecule has 1 saturated carbocycles. The fourth-order valence-corrected chi connectivity index (χ4v) is 2.87. The Bertz CT molecular complexity index is 584. The summed E-state index contributed by atoms with van der Waals surface area (Å²) >= 11 is 0. The van der Waals surface area contributed by atoms with Gasteiger partial charge in [-0.1, -0.05) is 12.1 Å². The predicted molar refractivity (Wildman–Crippen MR) is 119 cm³/mol. The Morgan fingerprint density at radius 2 is 1.92 bits per heavy atom. The Morgan fingerprint density at radius 1 is 1.23 bits per heavy atom. The second-order valence-electron chi connectivity index (χ2n) is 7.38. The Labute approximate surface area is 175 Å². The SMILES string of the molecule is CN=C(NCc1ccc(C)cc1OC1CCCC1)NCC(C)(C)OC.I. The van der Waals surface area contributed by atoms with Crippen LogP contribution in [0.25, 0.3) is 0 Å². The summed E-state index contributed by atoms with van der Waals surface area (Å²) in [7, 11) is 3.50. The number of methoxy groups -OCH3 is 1. The maximum atomic E-state index is 6.26. The normalized spacial score (nSPS) is 15.5. The van der Waals surface area contributed by atoms with E-state index in [2.05, 4.69) is 40.7 Å². The van der Waals surface area contributed by atoms with Gasteiger partial charge in [0.25, 0.3) is 0 Å². The number of hydrogen-bond acceptors (Lipinski definition) is 3. The van der Waals surface area contributed by atoms with Crippen LogP contribution in [0, 0.1) is 6.92 Å². The Morgan fingerprint density at radius 3 is 2.54 bits per heavy atom. The van der Waals surface area contributed by atoms with Crippen molar-refractivity contribution in [2.75, 3.05) is 20.7 Å². The van der Waals surface area contributed by atoms with E-state index in [1.54, 1.807) is 14.2 Å². The first kappa shape index (κ1) is 23.0. The van der Waals surface area contributed by atoms with Gasteiger partial charge in [-0.2, -0.15) is 0 Å². The molecule has 5 nitrogen and oxygen atoms in total. The molecule has 0 bridgehead atoms. The van der Waals surface area contributed by atoms with Crippen LogP contribution in [-0.4, -0.2) is 38.4 Å². The number of nitrogens with one attached hydrogen (secondary N) is 2. The molecule has 0 saturated heterocycles. The van der Waals surface area contributed by atoms with Gasteiger partial charge >= 0.3 is 0 Å². The molecule has 148 valence electrons. The summed E-state index contributed by atoms with van der Waals surface area (Å²) in [5, 5.41) is 6.68. The molecule has 1 aliphatic carbocycles. The summed E-state index contributed by atoms with van der Waals surface area (Å²) < 4.78 is 11.7. The number of aliphatic imine (C=N–C) groups is 1. The molecule has 0 aliphatic heterocycles. The minimum Gasteiger partial charge on any atom is -0.490 e. The van der Waals surface area contributed by atoms with Gasteiger partial charge in [-0.25, -0.2) is 0 Å². The third-order valence-corrected chi connectivity index (χ3v) is 4.72. The molecule has 1 aromatic rings. The molecule has 1 fully saturated rings. The highest BCUT2D eigenvalue weighted by molar-refractivity contribution is 14.0. The third-order valence-electron chi connectivity index (χ3n) is 4.72. The molecular weight excluding hydrogens is 441 g/mol. The largest absolute Gasteiger partial charge is 0.490 e. The lowest BCUT2D eigenvalue weighted by molar-refractivity contribution is 0.0268. The first-order chi connectivity index (χ1) is 11.9. The van der Waals surface area contributed by atoms with Crippen molar-refractivity contribution in [1.82, 2.24) is 10.6 Å². The number of benzene rings is 1. The first-order valence-electron chi connectivity index (χ1n) is 9.19. The number of guanidine groups is 1. The monoisotopic (exact) mass is 475 g/mol. The fourth-order valence-electron chi connectivity index (χ4n) is 2.87. The molecule has 0 aromatic heterocycles. The molecule has 26 heavy (non-hydrogen) atoms. The highest BCUT2D eigenvalue weighted by Gasteiger charge is 2.19. The summed E-state index contributed by atoms with van der Waals surface area (Å²) in [5.41, 5.74) is 2.14. The second kappa shape index (κ2) is 11.0. The number of rotatable bonds is 7. The van der Waals surface area contributed by atoms with Crippen molar-refractivity contribution in [3.05, 3.63) is 29.3 Å². The maximum Gasteiger partial charge on any atom is 0.191 e. The highest BCUT2D eigenvalue weighted by atomic mass is 127. The van der Waals surface area contributed by atoms with E-state index < -0.39 is 0 Å². The molecule has 0 amide bonds. The van der Waals surface area contributed by atoms with Gasteiger partial charge in [0.15, 0.2) is 5.96 Å². The van der Waals surface area contributed by atoms with Crippen LogP contribution < -0.4 is 15.4 Å². The smallest absolute Gasteiger partial charge is 0.191 e. The van der Waals surface area contributed by atoms with Crippen LogP contribution in [-0.2, 0) is 11.3 Å². The molecule has 0 atom stereocenters. The summed E-state index contributed by atoms with van der Waals surface area (Å²) in [6.07, 6.45) is 5.23. The number of nitrogens with zero attached hydrogens (tertiary/aromatic N) is 1. The van der Waals surface area contributed by atoms with Gasteiger partial charge in [0.1, 0.15) is 5.75 Å². The zero-order valence-electron chi connectivity index (χ0n) is 16.7. The summed E-state index contributed by atoms with van der Waals surface area (Å²) in [6, 6.07) is 6.40. The van der Waals surface area contributed by atoms with E-state index >= 15 is 0 Å². The van der Waals surface area contributed by atoms with Crippen molar-refractivity contribution in [2.45, 2.75) is 64.7 Å². The van der Waals surface area contributed by atoms with Crippen molar-refractivity contribution in [3.63, 3.8) is 0 Å². The van der Waals surface area contributed by atoms with E-state index in [0.717, 1.165) is 30.1 Å². The number of hydrogen-bond donors (Lipinski definition) is 2. The maximum absolute atomic E-state index is 6.26. The van der Waals surface area contributed by atoms with E-state index in [1.165, 1.54) is 18.4 Å². The van der Waals surface area contributed by atoms with Gasteiger partial charge in [0, 0.05) is 32.8 Å². The number of ether oxygens (including phenoxy) is 2. The molecule has 0 radical (unpaired) electrons. The van der Waals surface area contributed by atoms with E-state index in [4.69, 9.17) is 9.47 Å². The summed E-state index contributed by atoms with van der Waals surface area (Å²) in [4.78, 5) is 4.29. The quantitative estimate of drug-likeness (QED) is 0.355. The van der Waals surface area contributed by atoms with Crippen LogP contribution in [0.4, 0.5) is 0 Å². The molecule has 2 N–H and O–H groups in total. The molecule has 0 heterocycles. The van der Waals surface area contributed by atoms with Crippen molar-refractivity contribution < 1.29 is 9.47 Å². The van der Waals surface area contributed by atoms with Gasteiger partial charge in [-0.3, -0.25) is 4.99 Å². The number of halogens is 1. The molecule has 0 unspecified atom stereocenters. The first-order valence-corrected chi connectivity index (χ1v) is 9.19. The van der Waals surface area contributed by atoms with Crippen LogP contribution in [0.2, 0.25) is 0 Å². The zero-order chi connectivity index (χ0) is 18.3. The van der Waals surface area contributed by atoms with Crippen LogP contribution in [0.1, 0.15) is 50.7 Å². The van der Waals surface area contributed by atoms with Crippen molar-refractivity contribution in [2.24, 2.45) is 4.99 Å². The molecule has 1 aliphatic rings. The molecule has 2 rings (SSSR count). The van der Waals surface area contributed by atoms with Crippen LogP contribution >= 0.6 is 24.0 Å². The lowest BCUT2D eigenvalue weighted by atomic mass is 10.1. The third kappa shape index (κ3) is 7.31. The van der Waals surface area contributed by atoms with Gasteiger partial charge in [-0.15, -0.1) is 24.0 Å². The molecule has 0 spiro atoms. The van der Waals surface area contributed by atoms with E-state index in [1.807, 2.05) is 13.8 Å². The van der Waals surface area contributed by atoms with Gasteiger partial charge in [0.2, 0.25) is 0 Å². The van der Waals surface area contributed by atoms with Crippen LogP contribution in [0.5, 0.6) is 5.75 Å². The van der Waals surface area contributed by atoms with Gasteiger partial charge in [0.05, 0.1) is 11.7 Å². The minimum absolute atomic E-state index is 0. The molecular formula is C20H34IN3O2. The fraction of sp³-hybridized carbons (Fsp3) is 0.650. The average Bonchev–Trinajstić information content (AvgIpc) is 3.09. The summed E-state index contributed by atoms with van der Waals surface area (Å²) in [6.45, 7) is 7.55. The van der Waals surface area contributed by atoms with Crippen LogP contribution in [0.3, 0.4) is 0 Å². The topological polar surface area (TPSA) is 54.9 Å². The van der Waals surface area contributed by atoms with E-state index in [9.17, 15) is 0 Å². The van der Waals surface area contributed by atoms with E-state index in [-0.39, 0.29) is 29.6 Å². The van der Waals surface area contributed by atoms with Gasteiger partial charge in [-0.05, 0) is 58.1 Å². The number of aryl methyl sites for hydroxylation is 1. The molecule has 6 heteroatoms. The average molecular weight is 475 g/mol. The van der Waals surface area contributed by atoms with E-state index in [0.29, 0.717) is 19.2 Å².